The zero-order valence-corrected chi connectivity index (χ0v) is 8.92. The largest absolute Gasteiger partial charge is 0.207 e. The Hall–Kier alpha value is -0.570. The van der Waals surface area contributed by atoms with Gasteiger partial charge in [0.2, 0.25) is 0 Å². The van der Waals surface area contributed by atoms with Crippen molar-refractivity contribution in [2.45, 2.75) is 19.6 Å². The van der Waals surface area contributed by atoms with E-state index in [4.69, 9.17) is 0 Å². The van der Waals surface area contributed by atoms with Gasteiger partial charge in [-0.05, 0) is 18.4 Å². The fourth-order valence-electron chi connectivity index (χ4n) is 0.815. The fourth-order valence-corrected chi connectivity index (χ4v) is 1.38. The van der Waals surface area contributed by atoms with E-state index in [0.29, 0.717) is 5.75 Å². The first-order chi connectivity index (χ1) is 6.25. The topological polar surface area (TPSA) is 0 Å². The van der Waals surface area contributed by atoms with Crippen molar-refractivity contribution in [3.63, 3.8) is 0 Å². The Morgan fingerprint density at radius 2 is 1.62 bits per heavy atom. The van der Waals surface area contributed by atoms with Crippen molar-refractivity contribution in [3.05, 3.63) is 35.4 Å². The van der Waals surface area contributed by atoms with Gasteiger partial charge in [-0.25, -0.2) is 8.78 Å². The Labute approximate surface area is 82.4 Å². The van der Waals surface area contributed by atoms with Crippen molar-refractivity contribution in [1.29, 1.82) is 0 Å². The van der Waals surface area contributed by atoms with Crippen LogP contribution in [0.1, 0.15) is 19.4 Å². The molecule has 0 aromatic heterocycles. The highest BCUT2D eigenvalue weighted by molar-refractivity contribution is 7.97. The first-order valence-corrected chi connectivity index (χ1v) is 5.57. The summed E-state index contributed by atoms with van der Waals surface area (Å²) in [4.78, 5) is 0. The molecular formula is C10H14F2S. The van der Waals surface area contributed by atoms with Gasteiger partial charge in [0.1, 0.15) is 11.6 Å². The van der Waals surface area contributed by atoms with E-state index in [9.17, 15) is 8.78 Å². The zero-order chi connectivity index (χ0) is 10.3. The van der Waals surface area contributed by atoms with Gasteiger partial charge in [0.25, 0.3) is 0 Å². The number of halogens is 2. The molecule has 0 amide bonds. The van der Waals surface area contributed by atoms with Crippen molar-refractivity contribution < 1.29 is 8.78 Å². The Morgan fingerprint density at radius 3 is 2.00 bits per heavy atom. The summed E-state index contributed by atoms with van der Waals surface area (Å²) < 4.78 is 25.6. The van der Waals surface area contributed by atoms with E-state index < -0.39 is 11.6 Å². The van der Waals surface area contributed by atoms with Gasteiger partial charge in [0, 0.05) is 11.3 Å². The maximum atomic E-state index is 12.8. The van der Waals surface area contributed by atoms with Crippen LogP contribution < -0.4 is 0 Å². The second-order valence-electron chi connectivity index (χ2n) is 2.13. The molecule has 1 rings (SSSR count). The smallest absolute Gasteiger partial charge is 0.130 e. The van der Waals surface area contributed by atoms with E-state index in [-0.39, 0.29) is 5.56 Å². The van der Waals surface area contributed by atoms with Crippen molar-refractivity contribution in [1.82, 2.24) is 0 Å². The average Bonchev–Trinajstić information content (AvgIpc) is 2.15. The first kappa shape index (κ1) is 12.4. The van der Waals surface area contributed by atoms with E-state index in [2.05, 4.69) is 0 Å². The van der Waals surface area contributed by atoms with E-state index in [1.54, 1.807) is 0 Å². The fraction of sp³-hybridized carbons (Fsp3) is 0.400. The van der Waals surface area contributed by atoms with Crippen LogP contribution in [-0.2, 0) is 5.75 Å². The Balaban J connectivity index is 0.000000671. The number of rotatable bonds is 2. The molecule has 0 bridgehead atoms. The second kappa shape index (κ2) is 6.89. The molecular weight excluding hydrogens is 190 g/mol. The lowest BCUT2D eigenvalue weighted by Crippen LogP contribution is -1.91. The molecule has 1 aromatic carbocycles. The SMILES string of the molecule is CC.CSCc1c(F)cccc1F. The highest BCUT2D eigenvalue weighted by Gasteiger charge is 2.05. The molecule has 0 N–H and O–H groups in total. The zero-order valence-electron chi connectivity index (χ0n) is 8.10. The van der Waals surface area contributed by atoms with Crippen LogP contribution in [0.3, 0.4) is 0 Å². The summed E-state index contributed by atoms with van der Waals surface area (Å²) in [6.45, 7) is 4.00. The summed E-state index contributed by atoms with van der Waals surface area (Å²) in [5.41, 5.74) is 0.167. The summed E-state index contributed by atoms with van der Waals surface area (Å²) in [6.07, 6.45) is 1.81. The van der Waals surface area contributed by atoms with Gasteiger partial charge in [-0.1, -0.05) is 19.9 Å². The quantitative estimate of drug-likeness (QED) is 0.705. The molecule has 0 saturated heterocycles. The van der Waals surface area contributed by atoms with E-state index >= 15 is 0 Å². The minimum atomic E-state index is -0.459. The molecule has 0 nitrogen and oxygen atoms in total. The third kappa shape index (κ3) is 3.77. The Morgan fingerprint density at radius 1 is 1.15 bits per heavy atom. The molecule has 1 aromatic rings. The van der Waals surface area contributed by atoms with Gasteiger partial charge in [0.15, 0.2) is 0 Å². The number of hydrogen-bond donors (Lipinski definition) is 0. The maximum absolute atomic E-state index is 12.8. The minimum Gasteiger partial charge on any atom is -0.207 e. The highest BCUT2D eigenvalue weighted by Crippen LogP contribution is 2.16. The minimum absolute atomic E-state index is 0.167. The molecule has 13 heavy (non-hydrogen) atoms. The van der Waals surface area contributed by atoms with Crippen LogP contribution in [0.2, 0.25) is 0 Å². The summed E-state index contributed by atoms with van der Waals surface area (Å²) in [5, 5.41) is 0. The van der Waals surface area contributed by atoms with E-state index in [0.717, 1.165) is 0 Å². The predicted molar refractivity (Wildman–Crippen MR) is 54.9 cm³/mol. The molecule has 0 radical (unpaired) electrons. The third-order valence-corrected chi connectivity index (χ3v) is 1.93. The van der Waals surface area contributed by atoms with Crippen molar-refractivity contribution in [2.24, 2.45) is 0 Å². The van der Waals surface area contributed by atoms with Gasteiger partial charge < -0.3 is 0 Å². The predicted octanol–water partition coefficient (Wildman–Crippen LogP) is 3.85. The van der Waals surface area contributed by atoms with Gasteiger partial charge >= 0.3 is 0 Å². The van der Waals surface area contributed by atoms with Crippen LogP contribution in [-0.4, -0.2) is 6.26 Å². The van der Waals surface area contributed by atoms with Crippen LogP contribution >= 0.6 is 11.8 Å². The van der Waals surface area contributed by atoms with Gasteiger partial charge in [-0.2, -0.15) is 11.8 Å². The molecule has 0 heterocycles. The lowest BCUT2D eigenvalue weighted by atomic mass is 10.2. The lowest BCUT2D eigenvalue weighted by molar-refractivity contribution is 0.566. The maximum Gasteiger partial charge on any atom is 0.130 e. The number of benzene rings is 1. The summed E-state index contributed by atoms with van der Waals surface area (Å²) in [7, 11) is 0. The molecule has 0 saturated carbocycles. The normalized spacial score (nSPS) is 9.00. The highest BCUT2D eigenvalue weighted by atomic mass is 32.2. The molecule has 74 valence electrons. The average molecular weight is 204 g/mol. The van der Waals surface area contributed by atoms with Crippen molar-refractivity contribution >= 4 is 11.8 Å². The van der Waals surface area contributed by atoms with Crippen LogP contribution in [0.4, 0.5) is 8.78 Å². The first-order valence-electron chi connectivity index (χ1n) is 4.17. The summed E-state index contributed by atoms with van der Waals surface area (Å²) in [5.74, 6) is -0.530. The molecule has 0 fully saturated rings. The Bertz CT molecular complexity index is 228. The molecule has 0 spiro atoms. The van der Waals surface area contributed by atoms with Crippen LogP contribution in [0, 0.1) is 11.6 Å². The number of thioether (sulfide) groups is 1. The van der Waals surface area contributed by atoms with Crippen LogP contribution in [0.25, 0.3) is 0 Å². The van der Waals surface area contributed by atoms with Crippen LogP contribution in [0.5, 0.6) is 0 Å². The second-order valence-corrected chi connectivity index (χ2v) is 3.00. The molecule has 0 unspecified atom stereocenters. The van der Waals surface area contributed by atoms with E-state index in [1.807, 2.05) is 20.1 Å². The van der Waals surface area contributed by atoms with E-state index in [1.165, 1.54) is 30.0 Å². The molecule has 0 aliphatic carbocycles. The third-order valence-electron chi connectivity index (χ3n) is 1.35. The van der Waals surface area contributed by atoms with Crippen molar-refractivity contribution in [2.75, 3.05) is 6.26 Å². The van der Waals surface area contributed by atoms with Crippen molar-refractivity contribution in [3.8, 4) is 0 Å². The molecule has 0 aliphatic heterocycles. The molecule has 3 heteroatoms. The standard InChI is InChI=1S/C8H8F2S.C2H6/c1-11-5-6-7(9)3-2-4-8(6)10;1-2/h2-4H,5H2,1H3;1-2H3. The van der Waals surface area contributed by atoms with Gasteiger partial charge in [0.05, 0.1) is 0 Å². The van der Waals surface area contributed by atoms with Crippen LogP contribution in [0.15, 0.2) is 18.2 Å². The monoisotopic (exact) mass is 204 g/mol. The lowest BCUT2D eigenvalue weighted by Gasteiger charge is -2.00. The Kier molecular flexibility index (Phi) is 6.59. The molecule has 0 aliphatic rings. The number of hydrogen-bond acceptors (Lipinski definition) is 1. The summed E-state index contributed by atoms with van der Waals surface area (Å²) >= 11 is 1.40. The van der Waals surface area contributed by atoms with Gasteiger partial charge in [-0.3, -0.25) is 0 Å². The van der Waals surface area contributed by atoms with Gasteiger partial charge in [-0.15, -0.1) is 0 Å². The summed E-state index contributed by atoms with van der Waals surface area (Å²) in [6, 6.07) is 3.91. The molecule has 0 atom stereocenters.